The molecule has 0 aliphatic rings. The smallest absolute Gasteiger partial charge is 0.184 e. The molecular formula is C15H19ClF2N2S. The van der Waals surface area contributed by atoms with E-state index in [4.69, 9.17) is 11.6 Å². The summed E-state index contributed by atoms with van der Waals surface area (Å²) in [6.45, 7) is 5.88. The number of halogens is 3. The molecule has 0 spiro atoms. The molecule has 2 atom stereocenters. The van der Waals surface area contributed by atoms with Crippen molar-refractivity contribution in [1.29, 1.82) is 0 Å². The van der Waals surface area contributed by atoms with Crippen LogP contribution in [-0.4, -0.2) is 21.1 Å². The van der Waals surface area contributed by atoms with E-state index < -0.39 is 11.6 Å². The number of benzene rings is 1. The van der Waals surface area contributed by atoms with Crippen LogP contribution in [0, 0.1) is 11.6 Å². The Labute approximate surface area is 132 Å². The highest BCUT2D eigenvalue weighted by atomic mass is 35.5. The van der Waals surface area contributed by atoms with E-state index >= 15 is 0 Å². The maximum Gasteiger partial charge on any atom is 0.184 e. The lowest BCUT2D eigenvalue weighted by Crippen LogP contribution is -2.12. The first-order valence-electron chi connectivity index (χ1n) is 7.05. The molecule has 0 bridgehead atoms. The van der Waals surface area contributed by atoms with Gasteiger partial charge in [-0.25, -0.2) is 13.8 Å². The number of alkyl halides is 1. The number of aromatic nitrogens is 2. The van der Waals surface area contributed by atoms with Crippen LogP contribution in [0.1, 0.15) is 44.4 Å². The lowest BCUT2D eigenvalue weighted by atomic mass is 10.2. The third kappa shape index (κ3) is 3.34. The number of hydrogen-bond acceptors (Lipinski definition) is 2. The van der Waals surface area contributed by atoms with Gasteiger partial charge in [0.2, 0.25) is 0 Å². The van der Waals surface area contributed by atoms with E-state index in [-0.39, 0.29) is 16.9 Å². The zero-order chi connectivity index (χ0) is 15.6. The predicted octanol–water partition coefficient (Wildman–Crippen LogP) is 5.32. The van der Waals surface area contributed by atoms with Crippen LogP contribution in [-0.2, 0) is 0 Å². The van der Waals surface area contributed by atoms with Crippen molar-refractivity contribution in [1.82, 2.24) is 9.55 Å². The summed E-state index contributed by atoms with van der Waals surface area (Å²) >= 11 is 8.00. The van der Waals surface area contributed by atoms with E-state index in [1.807, 2.05) is 18.7 Å². The molecule has 2 aromatic rings. The van der Waals surface area contributed by atoms with Crippen LogP contribution in [0.25, 0.3) is 11.0 Å². The van der Waals surface area contributed by atoms with Crippen molar-refractivity contribution in [2.24, 2.45) is 0 Å². The molecule has 21 heavy (non-hydrogen) atoms. The first-order valence-corrected chi connectivity index (χ1v) is 8.64. The fourth-order valence-corrected chi connectivity index (χ4v) is 3.35. The molecule has 0 aliphatic carbocycles. The van der Waals surface area contributed by atoms with Gasteiger partial charge < -0.3 is 4.57 Å². The molecule has 0 amide bonds. The van der Waals surface area contributed by atoms with Gasteiger partial charge in [-0.3, -0.25) is 0 Å². The van der Waals surface area contributed by atoms with Crippen LogP contribution >= 0.6 is 23.4 Å². The van der Waals surface area contributed by atoms with Gasteiger partial charge in [-0.2, -0.15) is 11.8 Å². The minimum absolute atomic E-state index is 0.0153. The van der Waals surface area contributed by atoms with Crippen molar-refractivity contribution in [3.05, 3.63) is 29.6 Å². The van der Waals surface area contributed by atoms with Gasteiger partial charge in [0.25, 0.3) is 0 Å². The number of imidazole rings is 1. The van der Waals surface area contributed by atoms with E-state index in [0.29, 0.717) is 11.3 Å². The van der Waals surface area contributed by atoms with Gasteiger partial charge in [0.1, 0.15) is 11.3 Å². The fourth-order valence-electron chi connectivity index (χ4n) is 2.40. The molecule has 0 aliphatic heterocycles. The van der Waals surface area contributed by atoms with Crippen LogP contribution in [0.5, 0.6) is 0 Å². The minimum Gasteiger partial charge on any atom is -0.321 e. The van der Waals surface area contributed by atoms with Gasteiger partial charge in [0, 0.05) is 6.04 Å². The van der Waals surface area contributed by atoms with Crippen molar-refractivity contribution in [3.8, 4) is 0 Å². The molecule has 0 fully saturated rings. The number of fused-ring (bicyclic) bond motifs is 1. The van der Waals surface area contributed by atoms with Gasteiger partial charge in [0.15, 0.2) is 11.6 Å². The summed E-state index contributed by atoms with van der Waals surface area (Å²) < 4.78 is 29.5. The summed E-state index contributed by atoms with van der Waals surface area (Å²) in [6, 6.07) is 2.62. The summed E-state index contributed by atoms with van der Waals surface area (Å²) in [5.74, 6) is 0.889. The van der Waals surface area contributed by atoms with Crippen LogP contribution in [0.4, 0.5) is 8.78 Å². The van der Waals surface area contributed by atoms with Crippen molar-refractivity contribution in [3.63, 3.8) is 0 Å². The highest BCUT2D eigenvalue weighted by Gasteiger charge is 2.22. The molecule has 0 radical (unpaired) electrons. The Balaban J connectivity index is 2.52. The molecule has 2 rings (SSSR count). The topological polar surface area (TPSA) is 17.8 Å². The van der Waals surface area contributed by atoms with Crippen LogP contribution in [0.2, 0.25) is 0 Å². The average molecular weight is 333 g/mol. The standard InChI is InChI=1S/C15H19ClF2N2S/c1-4-21-8-7-9(2)20-14-12(19-15(20)10(3)16)6-5-11(17)13(14)18/h5-6,9-10H,4,7-8H2,1-3H3. The number of hydrogen-bond donors (Lipinski definition) is 0. The molecule has 2 unspecified atom stereocenters. The van der Waals surface area contributed by atoms with Crippen LogP contribution < -0.4 is 0 Å². The third-order valence-electron chi connectivity index (χ3n) is 3.45. The molecule has 6 heteroatoms. The zero-order valence-corrected chi connectivity index (χ0v) is 13.9. The fraction of sp³-hybridized carbons (Fsp3) is 0.533. The second kappa shape index (κ2) is 6.97. The number of rotatable bonds is 6. The first kappa shape index (κ1) is 16.6. The molecular weight excluding hydrogens is 314 g/mol. The summed E-state index contributed by atoms with van der Waals surface area (Å²) in [5, 5.41) is -0.360. The van der Waals surface area contributed by atoms with Gasteiger partial charge in [-0.15, -0.1) is 11.6 Å². The van der Waals surface area contributed by atoms with Gasteiger partial charge in [-0.05, 0) is 43.9 Å². The van der Waals surface area contributed by atoms with E-state index in [1.54, 1.807) is 11.5 Å². The van der Waals surface area contributed by atoms with Gasteiger partial charge in [-0.1, -0.05) is 6.92 Å². The van der Waals surface area contributed by atoms with Crippen molar-refractivity contribution < 1.29 is 8.78 Å². The number of nitrogens with zero attached hydrogens (tertiary/aromatic N) is 2. The quantitative estimate of drug-likeness (QED) is 0.526. The molecule has 1 aromatic heterocycles. The SMILES string of the molecule is CCSCCC(C)n1c(C(C)Cl)nc2ccc(F)c(F)c21. The minimum atomic E-state index is -0.854. The Morgan fingerprint density at radius 1 is 1.33 bits per heavy atom. The maximum atomic E-state index is 14.2. The van der Waals surface area contributed by atoms with Crippen molar-refractivity contribution >= 4 is 34.4 Å². The lowest BCUT2D eigenvalue weighted by Gasteiger charge is -2.18. The van der Waals surface area contributed by atoms with E-state index in [1.165, 1.54) is 6.07 Å². The van der Waals surface area contributed by atoms with Crippen LogP contribution in [0.15, 0.2) is 12.1 Å². The highest BCUT2D eigenvalue weighted by molar-refractivity contribution is 7.99. The third-order valence-corrected chi connectivity index (χ3v) is 4.58. The molecule has 1 heterocycles. The summed E-state index contributed by atoms with van der Waals surface area (Å²) in [7, 11) is 0. The summed E-state index contributed by atoms with van der Waals surface area (Å²) in [5.41, 5.74) is 0.665. The van der Waals surface area contributed by atoms with Crippen molar-refractivity contribution in [2.75, 3.05) is 11.5 Å². The van der Waals surface area contributed by atoms with Gasteiger partial charge >= 0.3 is 0 Å². The van der Waals surface area contributed by atoms with E-state index in [9.17, 15) is 8.78 Å². The zero-order valence-electron chi connectivity index (χ0n) is 12.4. The Kier molecular flexibility index (Phi) is 5.49. The molecule has 0 N–H and O–H groups in total. The first-order chi connectivity index (χ1) is 9.97. The molecule has 0 saturated carbocycles. The largest absolute Gasteiger partial charge is 0.321 e. The Morgan fingerprint density at radius 2 is 2.05 bits per heavy atom. The molecule has 0 saturated heterocycles. The molecule has 116 valence electrons. The van der Waals surface area contributed by atoms with Crippen LogP contribution in [0.3, 0.4) is 0 Å². The summed E-state index contributed by atoms with van der Waals surface area (Å²) in [6.07, 6.45) is 0.858. The van der Waals surface area contributed by atoms with Crippen molar-refractivity contribution in [2.45, 2.75) is 38.6 Å². The van der Waals surface area contributed by atoms with E-state index in [0.717, 1.165) is 24.0 Å². The Bertz CT molecular complexity index is 628. The average Bonchev–Trinajstić information content (AvgIpc) is 2.83. The highest BCUT2D eigenvalue weighted by Crippen LogP contribution is 2.31. The molecule has 1 aromatic carbocycles. The second-order valence-electron chi connectivity index (χ2n) is 5.02. The molecule has 2 nitrogen and oxygen atoms in total. The monoisotopic (exact) mass is 332 g/mol. The lowest BCUT2D eigenvalue weighted by molar-refractivity contribution is 0.490. The normalized spacial score (nSPS) is 14.6. The second-order valence-corrected chi connectivity index (χ2v) is 7.07. The van der Waals surface area contributed by atoms with Gasteiger partial charge in [0.05, 0.1) is 10.9 Å². The summed E-state index contributed by atoms with van der Waals surface area (Å²) in [4.78, 5) is 4.38. The predicted molar refractivity (Wildman–Crippen MR) is 86.2 cm³/mol. The Morgan fingerprint density at radius 3 is 2.67 bits per heavy atom. The maximum absolute atomic E-state index is 14.2. The van der Waals surface area contributed by atoms with E-state index in [2.05, 4.69) is 11.9 Å². The Hall–Kier alpha value is -0.810. The number of thioether (sulfide) groups is 1.